The van der Waals surface area contributed by atoms with Crippen LogP contribution in [-0.2, 0) is 6.42 Å². The maximum Gasteiger partial charge on any atom is 0.274 e. The van der Waals surface area contributed by atoms with Gasteiger partial charge in [0.15, 0.2) is 0 Å². The van der Waals surface area contributed by atoms with Crippen LogP contribution in [0.4, 0.5) is 5.69 Å². The molecule has 0 spiro atoms. The SMILES string of the molecule is CCc1nc2cc(C)ccn2c1C(=O)Nc1cccnc1. The molecule has 0 saturated heterocycles. The first-order chi connectivity index (χ1) is 10.2. The second kappa shape index (κ2) is 5.36. The van der Waals surface area contributed by atoms with E-state index in [-0.39, 0.29) is 5.91 Å². The summed E-state index contributed by atoms with van der Waals surface area (Å²) in [6.45, 7) is 4.01. The fourth-order valence-corrected chi connectivity index (χ4v) is 2.31. The quantitative estimate of drug-likeness (QED) is 0.802. The Morgan fingerprint density at radius 2 is 2.24 bits per heavy atom. The molecule has 3 aromatic rings. The average molecular weight is 280 g/mol. The summed E-state index contributed by atoms with van der Waals surface area (Å²) in [5, 5.41) is 2.86. The smallest absolute Gasteiger partial charge is 0.274 e. The van der Waals surface area contributed by atoms with E-state index in [4.69, 9.17) is 0 Å². The second-order valence-electron chi connectivity index (χ2n) is 4.89. The Labute approximate surface area is 122 Å². The van der Waals surface area contributed by atoms with Gasteiger partial charge in [-0.15, -0.1) is 0 Å². The summed E-state index contributed by atoms with van der Waals surface area (Å²) in [6.07, 6.45) is 5.88. The average Bonchev–Trinajstić information content (AvgIpc) is 2.85. The Hall–Kier alpha value is -2.69. The predicted molar refractivity (Wildman–Crippen MR) is 81.5 cm³/mol. The fraction of sp³-hybridized carbons (Fsp3) is 0.188. The van der Waals surface area contributed by atoms with Gasteiger partial charge in [-0.3, -0.25) is 14.2 Å². The normalized spacial score (nSPS) is 10.8. The number of imidazole rings is 1. The molecule has 0 fully saturated rings. The van der Waals surface area contributed by atoms with Gasteiger partial charge in [0, 0.05) is 12.4 Å². The minimum absolute atomic E-state index is 0.170. The molecule has 3 heterocycles. The third-order valence-electron chi connectivity index (χ3n) is 3.32. The van der Waals surface area contributed by atoms with Gasteiger partial charge in [0.25, 0.3) is 5.91 Å². The van der Waals surface area contributed by atoms with Crippen LogP contribution in [0.15, 0.2) is 42.9 Å². The molecule has 0 radical (unpaired) electrons. The summed E-state index contributed by atoms with van der Waals surface area (Å²) >= 11 is 0. The van der Waals surface area contributed by atoms with Gasteiger partial charge in [-0.05, 0) is 43.2 Å². The topological polar surface area (TPSA) is 59.3 Å². The number of rotatable bonds is 3. The lowest BCUT2D eigenvalue weighted by Gasteiger charge is -2.06. The van der Waals surface area contributed by atoms with Crippen LogP contribution >= 0.6 is 0 Å². The number of amides is 1. The van der Waals surface area contributed by atoms with E-state index >= 15 is 0 Å². The number of carbonyl (C=O) groups excluding carboxylic acids is 1. The van der Waals surface area contributed by atoms with Crippen molar-refractivity contribution in [3.63, 3.8) is 0 Å². The molecular formula is C16H16N4O. The summed E-state index contributed by atoms with van der Waals surface area (Å²) in [5.41, 5.74) is 3.96. The number of aryl methyl sites for hydroxylation is 2. The van der Waals surface area contributed by atoms with E-state index in [0.29, 0.717) is 17.8 Å². The van der Waals surface area contributed by atoms with Crippen molar-refractivity contribution < 1.29 is 4.79 Å². The molecule has 0 aromatic carbocycles. The number of hydrogen-bond acceptors (Lipinski definition) is 3. The van der Waals surface area contributed by atoms with Crippen molar-refractivity contribution in [3.05, 3.63) is 59.8 Å². The molecule has 106 valence electrons. The van der Waals surface area contributed by atoms with Gasteiger partial charge in [-0.2, -0.15) is 0 Å². The van der Waals surface area contributed by atoms with E-state index in [1.54, 1.807) is 18.5 Å². The van der Waals surface area contributed by atoms with Gasteiger partial charge in [0.05, 0.1) is 17.6 Å². The van der Waals surface area contributed by atoms with Crippen molar-refractivity contribution >= 4 is 17.2 Å². The van der Waals surface area contributed by atoms with E-state index in [0.717, 1.165) is 16.9 Å². The molecular weight excluding hydrogens is 264 g/mol. The number of aromatic nitrogens is 3. The Morgan fingerprint density at radius 3 is 2.95 bits per heavy atom. The highest BCUT2D eigenvalue weighted by Crippen LogP contribution is 2.16. The Bertz CT molecular complexity index is 793. The second-order valence-corrected chi connectivity index (χ2v) is 4.89. The Balaban J connectivity index is 2.04. The summed E-state index contributed by atoms with van der Waals surface area (Å²) in [5.74, 6) is -0.170. The van der Waals surface area contributed by atoms with Crippen LogP contribution in [0.5, 0.6) is 0 Å². The number of nitrogens with zero attached hydrogens (tertiary/aromatic N) is 3. The highest BCUT2D eigenvalue weighted by molar-refractivity contribution is 6.04. The van der Waals surface area contributed by atoms with E-state index < -0.39 is 0 Å². The van der Waals surface area contributed by atoms with Crippen LogP contribution in [0.2, 0.25) is 0 Å². The zero-order valence-electron chi connectivity index (χ0n) is 12.0. The number of hydrogen-bond donors (Lipinski definition) is 1. The van der Waals surface area contributed by atoms with Gasteiger partial charge in [-0.25, -0.2) is 4.98 Å². The van der Waals surface area contributed by atoms with Gasteiger partial charge >= 0.3 is 0 Å². The van der Waals surface area contributed by atoms with Crippen LogP contribution in [0, 0.1) is 6.92 Å². The van der Waals surface area contributed by atoms with Crippen molar-refractivity contribution in [2.75, 3.05) is 5.32 Å². The molecule has 0 bridgehead atoms. The summed E-state index contributed by atoms with van der Waals surface area (Å²) in [6, 6.07) is 7.53. The molecule has 0 aliphatic rings. The molecule has 1 N–H and O–H groups in total. The molecule has 0 aliphatic carbocycles. The summed E-state index contributed by atoms with van der Waals surface area (Å²) in [7, 11) is 0. The van der Waals surface area contributed by atoms with E-state index in [1.165, 1.54) is 0 Å². The number of fused-ring (bicyclic) bond motifs is 1. The highest BCUT2D eigenvalue weighted by atomic mass is 16.2. The van der Waals surface area contributed by atoms with Crippen molar-refractivity contribution in [3.8, 4) is 0 Å². The number of nitrogens with one attached hydrogen (secondary N) is 1. The van der Waals surface area contributed by atoms with Crippen molar-refractivity contribution in [1.82, 2.24) is 14.4 Å². The molecule has 0 unspecified atom stereocenters. The first-order valence-corrected chi connectivity index (χ1v) is 6.88. The van der Waals surface area contributed by atoms with E-state index in [9.17, 15) is 4.79 Å². The molecule has 1 amide bonds. The summed E-state index contributed by atoms with van der Waals surface area (Å²) < 4.78 is 1.83. The summed E-state index contributed by atoms with van der Waals surface area (Å²) in [4.78, 5) is 21.1. The Morgan fingerprint density at radius 1 is 1.38 bits per heavy atom. The van der Waals surface area contributed by atoms with E-state index in [2.05, 4.69) is 15.3 Å². The van der Waals surface area contributed by atoms with Crippen molar-refractivity contribution in [2.24, 2.45) is 0 Å². The first-order valence-electron chi connectivity index (χ1n) is 6.88. The number of pyridine rings is 2. The lowest BCUT2D eigenvalue weighted by molar-refractivity contribution is 0.102. The third kappa shape index (κ3) is 2.50. The zero-order chi connectivity index (χ0) is 14.8. The molecule has 3 aromatic heterocycles. The third-order valence-corrected chi connectivity index (χ3v) is 3.32. The van der Waals surface area contributed by atoms with Crippen molar-refractivity contribution in [1.29, 1.82) is 0 Å². The van der Waals surface area contributed by atoms with Crippen LogP contribution in [-0.4, -0.2) is 20.3 Å². The van der Waals surface area contributed by atoms with Gasteiger partial charge in [0.2, 0.25) is 0 Å². The van der Waals surface area contributed by atoms with Crippen LogP contribution in [0.3, 0.4) is 0 Å². The molecule has 0 atom stereocenters. The molecule has 0 saturated carbocycles. The lowest BCUT2D eigenvalue weighted by Crippen LogP contribution is -2.16. The molecule has 5 nitrogen and oxygen atoms in total. The minimum atomic E-state index is -0.170. The maximum atomic E-state index is 12.6. The number of anilines is 1. The Kier molecular flexibility index (Phi) is 3.39. The van der Waals surface area contributed by atoms with Crippen LogP contribution < -0.4 is 5.32 Å². The fourth-order valence-electron chi connectivity index (χ4n) is 2.31. The van der Waals surface area contributed by atoms with Gasteiger partial charge in [-0.1, -0.05) is 6.92 Å². The molecule has 21 heavy (non-hydrogen) atoms. The monoisotopic (exact) mass is 280 g/mol. The number of carbonyl (C=O) groups is 1. The minimum Gasteiger partial charge on any atom is -0.319 e. The van der Waals surface area contributed by atoms with Gasteiger partial charge < -0.3 is 5.32 Å². The first kappa shape index (κ1) is 13.3. The largest absolute Gasteiger partial charge is 0.319 e. The highest BCUT2D eigenvalue weighted by Gasteiger charge is 2.18. The van der Waals surface area contributed by atoms with E-state index in [1.807, 2.05) is 42.6 Å². The maximum absolute atomic E-state index is 12.6. The standard InChI is InChI=1S/C16H16N4O/c1-3-13-15(16(21)18-12-5-4-7-17-10-12)20-8-6-11(2)9-14(20)19-13/h4-10H,3H2,1-2H3,(H,18,21). The zero-order valence-corrected chi connectivity index (χ0v) is 12.0. The van der Waals surface area contributed by atoms with Crippen LogP contribution in [0.25, 0.3) is 5.65 Å². The molecule has 5 heteroatoms. The molecule has 0 aliphatic heterocycles. The van der Waals surface area contributed by atoms with Gasteiger partial charge in [0.1, 0.15) is 11.3 Å². The van der Waals surface area contributed by atoms with Crippen molar-refractivity contribution in [2.45, 2.75) is 20.3 Å². The molecule has 3 rings (SSSR count). The lowest BCUT2D eigenvalue weighted by atomic mass is 10.2. The predicted octanol–water partition coefficient (Wildman–Crippen LogP) is 2.85. The van der Waals surface area contributed by atoms with Crippen LogP contribution in [0.1, 0.15) is 28.7 Å².